The zero-order chi connectivity index (χ0) is 26.6. The maximum Gasteiger partial charge on any atom is 0.355 e. The summed E-state index contributed by atoms with van der Waals surface area (Å²) in [6, 6.07) is 11.4. The van der Waals surface area contributed by atoms with Gasteiger partial charge < -0.3 is 19.9 Å². The standard InChI is InChI=1S/C25H21F2N3O6/c1-4-36-23(31)14-10-16(26)20(17(27)11-14)30-21(25(33)35-3)19(24(32)34-2)18(15(12-28)22(30)29)13-8-6-5-7-9-13/h5-11,18H,4,29H2,1-3H3. The molecule has 0 fully saturated rings. The van der Waals surface area contributed by atoms with Crippen LogP contribution >= 0.6 is 0 Å². The fraction of sp³-hybridized carbons (Fsp3) is 0.200. The summed E-state index contributed by atoms with van der Waals surface area (Å²) in [6.45, 7) is 1.49. The molecule has 186 valence electrons. The normalized spacial score (nSPS) is 15.3. The van der Waals surface area contributed by atoms with E-state index in [0.717, 1.165) is 14.2 Å². The van der Waals surface area contributed by atoms with Crippen LogP contribution in [-0.2, 0) is 23.8 Å². The first-order chi connectivity index (χ1) is 17.2. The molecule has 1 atom stereocenters. The van der Waals surface area contributed by atoms with Crippen LogP contribution in [0.25, 0.3) is 0 Å². The molecule has 36 heavy (non-hydrogen) atoms. The summed E-state index contributed by atoms with van der Waals surface area (Å²) in [6.07, 6.45) is 0. The number of nitriles is 1. The van der Waals surface area contributed by atoms with Gasteiger partial charge in [-0.05, 0) is 24.6 Å². The lowest BCUT2D eigenvalue weighted by Crippen LogP contribution is -2.41. The number of allylic oxidation sites excluding steroid dienone is 1. The predicted octanol–water partition coefficient (Wildman–Crippen LogP) is 3.04. The summed E-state index contributed by atoms with van der Waals surface area (Å²) >= 11 is 0. The molecule has 1 aliphatic rings. The minimum atomic E-state index is -1.32. The number of ether oxygens (including phenoxy) is 3. The number of methoxy groups -OCH3 is 2. The smallest absolute Gasteiger partial charge is 0.355 e. The van der Waals surface area contributed by atoms with E-state index >= 15 is 8.78 Å². The van der Waals surface area contributed by atoms with Crippen LogP contribution in [0, 0.1) is 23.0 Å². The maximum atomic E-state index is 15.3. The summed E-state index contributed by atoms with van der Waals surface area (Å²) in [5, 5.41) is 9.97. The molecule has 0 radical (unpaired) electrons. The van der Waals surface area contributed by atoms with E-state index < -0.39 is 63.8 Å². The Morgan fingerprint density at radius 3 is 2.11 bits per heavy atom. The molecule has 0 amide bonds. The van der Waals surface area contributed by atoms with Crippen molar-refractivity contribution in [1.82, 2.24) is 0 Å². The molecule has 0 spiro atoms. The van der Waals surface area contributed by atoms with Gasteiger partial charge in [0.15, 0.2) is 11.6 Å². The molecule has 11 heteroatoms. The molecule has 0 saturated carbocycles. The number of nitrogens with two attached hydrogens (primary N) is 1. The lowest BCUT2D eigenvalue weighted by atomic mass is 9.81. The van der Waals surface area contributed by atoms with E-state index in [1.54, 1.807) is 30.3 Å². The zero-order valence-corrected chi connectivity index (χ0v) is 19.5. The van der Waals surface area contributed by atoms with Gasteiger partial charge in [0, 0.05) is 0 Å². The molecule has 1 unspecified atom stereocenters. The first kappa shape index (κ1) is 25.9. The van der Waals surface area contributed by atoms with Crippen LogP contribution in [0.2, 0.25) is 0 Å². The Hall–Kier alpha value is -4.72. The Morgan fingerprint density at radius 2 is 1.61 bits per heavy atom. The quantitative estimate of drug-likeness (QED) is 0.472. The molecule has 1 aliphatic heterocycles. The van der Waals surface area contributed by atoms with Crippen LogP contribution in [0.1, 0.15) is 28.8 Å². The molecule has 0 aromatic heterocycles. The second-order valence-electron chi connectivity index (χ2n) is 7.34. The van der Waals surface area contributed by atoms with Gasteiger partial charge in [-0.15, -0.1) is 0 Å². The summed E-state index contributed by atoms with van der Waals surface area (Å²) in [5.74, 6) is -7.59. The fourth-order valence-corrected chi connectivity index (χ4v) is 3.86. The zero-order valence-electron chi connectivity index (χ0n) is 19.5. The molecular weight excluding hydrogens is 476 g/mol. The third kappa shape index (κ3) is 4.48. The molecule has 2 N–H and O–H groups in total. The van der Waals surface area contributed by atoms with Crippen LogP contribution in [0.3, 0.4) is 0 Å². The second-order valence-corrected chi connectivity index (χ2v) is 7.34. The van der Waals surface area contributed by atoms with E-state index in [1.165, 1.54) is 6.92 Å². The number of nitrogens with zero attached hydrogens (tertiary/aromatic N) is 2. The Balaban J connectivity index is 2.41. The van der Waals surface area contributed by atoms with Crippen molar-refractivity contribution in [2.45, 2.75) is 12.8 Å². The van der Waals surface area contributed by atoms with Crippen molar-refractivity contribution >= 4 is 23.6 Å². The van der Waals surface area contributed by atoms with Crippen LogP contribution in [0.4, 0.5) is 14.5 Å². The van der Waals surface area contributed by atoms with Crippen molar-refractivity contribution in [3.63, 3.8) is 0 Å². The molecule has 2 aromatic rings. The van der Waals surface area contributed by atoms with Gasteiger partial charge >= 0.3 is 17.9 Å². The third-order valence-electron chi connectivity index (χ3n) is 5.36. The van der Waals surface area contributed by atoms with Crippen LogP contribution in [-0.4, -0.2) is 38.7 Å². The van der Waals surface area contributed by atoms with Crippen molar-refractivity contribution in [2.75, 3.05) is 25.7 Å². The number of benzene rings is 2. The lowest BCUT2D eigenvalue weighted by Gasteiger charge is -2.36. The average Bonchev–Trinajstić information content (AvgIpc) is 2.88. The minimum Gasteiger partial charge on any atom is -0.466 e. The molecule has 2 aromatic carbocycles. The van der Waals surface area contributed by atoms with Gasteiger partial charge in [0.25, 0.3) is 0 Å². The summed E-state index contributed by atoms with van der Waals surface area (Å²) in [7, 11) is 2.04. The molecule has 3 rings (SSSR count). The number of hydrogen-bond donors (Lipinski definition) is 1. The van der Waals surface area contributed by atoms with Crippen LogP contribution in [0.5, 0.6) is 0 Å². The van der Waals surface area contributed by atoms with Gasteiger partial charge in [0.1, 0.15) is 17.2 Å². The summed E-state index contributed by atoms with van der Waals surface area (Å²) in [4.78, 5) is 38.5. The molecule has 0 bridgehead atoms. The Bertz CT molecular complexity index is 1310. The number of halogens is 2. The Kier molecular flexibility index (Phi) is 7.69. The van der Waals surface area contributed by atoms with Crippen molar-refractivity contribution in [1.29, 1.82) is 5.26 Å². The molecule has 0 saturated heterocycles. The highest BCUT2D eigenvalue weighted by Gasteiger charge is 2.44. The van der Waals surface area contributed by atoms with Crippen molar-refractivity contribution < 1.29 is 37.4 Å². The van der Waals surface area contributed by atoms with Gasteiger partial charge in [-0.2, -0.15) is 5.26 Å². The van der Waals surface area contributed by atoms with E-state index in [0.29, 0.717) is 22.6 Å². The average molecular weight is 497 g/mol. The topological polar surface area (TPSA) is 132 Å². The van der Waals surface area contributed by atoms with Crippen LogP contribution in [0.15, 0.2) is 65.1 Å². The molecular formula is C25H21F2N3O6. The van der Waals surface area contributed by atoms with E-state index in [2.05, 4.69) is 0 Å². The van der Waals surface area contributed by atoms with Gasteiger partial charge in [-0.3, -0.25) is 4.90 Å². The minimum absolute atomic E-state index is 0.0320. The van der Waals surface area contributed by atoms with Crippen LogP contribution < -0.4 is 10.6 Å². The first-order valence-corrected chi connectivity index (χ1v) is 10.5. The van der Waals surface area contributed by atoms with E-state index in [-0.39, 0.29) is 12.2 Å². The highest BCUT2D eigenvalue weighted by molar-refractivity contribution is 6.06. The first-order valence-electron chi connectivity index (χ1n) is 10.5. The monoisotopic (exact) mass is 497 g/mol. The lowest BCUT2D eigenvalue weighted by molar-refractivity contribution is -0.139. The number of rotatable bonds is 6. The second kappa shape index (κ2) is 10.7. The Labute approximate surface area is 204 Å². The van der Waals surface area contributed by atoms with Gasteiger partial charge in [0.05, 0.1) is 49.5 Å². The van der Waals surface area contributed by atoms with E-state index in [1.807, 2.05) is 6.07 Å². The SMILES string of the molecule is CCOC(=O)c1cc(F)c(N2C(N)=C(C#N)C(c3ccccc3)C(C(=O)OC)=C2C(=O)OC)c(F)c1. The number of carbonyl (C=O) groups excluding carboxylic acids is 3. The summed E-state index contributed by atoms with van der Waals surface area (Å²) in [5.41, 5.74) is 3.91. The molecule has 1 heterocycles. The van der Waals surface area contributed by atoms with E-state index in [4.69, 9.17) is 19.9 Å². The fourth-order valence-electron chi connectivity index (χ4n) is 3.86. The van der Waals surface area contributed by atoms with Gasteiger partial charge in [-0.25, -0.2) is 23.2 Å². The number of anilines is 1. The van der Waals surface area contributed by atoms with Gasteiger partial charge in [-0.1, -0.05) is 30.3 Å². The Morgan fingerprint density at radius 1 is 1.03 bits per heavy atom. The number of carbonyl (C=O) groups is 3. The largest absolute Gasteiger partial charge is 0.466 e. The van der Waals surface area contributed by atoms with E-state index in [9.17, 15) is 19.6 Å². The highest BCUT2D eigenvalue weighted by atomic mass is 19.1. The maximum absolute atomic E-state index is 15.3. The number of esters is 3. The molecule has 0 aliphatic carbocycles. The highest BCUT2D eigenvalue weighted by Crippen LogP contribution is 2.44. The number of hydrogen-bond acceptors (Lipinski definition) is 9. The third-order valence-corrected chi connectivity index (χ3v) is 5.36. The van der Waals surface area contributed by atoms with Crippen molar-refractivity contribution in [2.24, 2.45) is 5.73 Å². The van der Waals surface area contributed by atoms with Gasteiger partial charge in [0.2, 0.25) is 0 Å². The summed E-state index contributed by atoms with van der Waals surface area (Å²) < 4.78 is 45.1. The molecule has 9 nitrogen and oxygen atoms in total. The predicted molar refractivity (Wildman–Crippen MR) is 122 cm³/mol. The van der Waals surface area contributed by atoms with Crippen molar-refractivity contribution in [3.8, 4) is 6.07 Å². The van der Waals surface area contributed by atoms with Crippen molar-refractivity contribution in [3.05, 3.63) is 87.9 Å².